The van der Waals surface area contributed by atoms with E-state index in [9.17, 15) is 9.59 Å². The van der Waals surface area contributed by atoms with Gasteiger partial charge in [-0.15, -0.1) is 0 Å². The van der Waals surface area contributed by atoms with Gasteiger partial charge in [-0.1, -0.05) is 86.0 Å². The predicted octanol–water partition coefficient (Wildman–Crippen LogP) is 6.45. The molecule has 0 N–H and O–H groups in total. The summed E-state index contributed by atoms with van der Waals surface area (Å²) in [7, 11) is 0. The van der Waals surface area contributed by atoms with Crippen LogP contribution >= 0.6 is 0 Å². The zero-order chi connectivity index (χ0) is 20.5. The van der Waals surface area contributed by atoms with E-state index in [1.54, 1.807) is 0 Å². The van der Waals surface area contributed by atoms with Gasteiger partial charge in [-0.2, -0.15) is 0 Å². The van der Waals surface area contributed by atoms with Gasteiger partial charge in [-0.3, -0.25) is 9.59 Å². The highest BCUT2D eigenvalue weighted by Crippen LogP contribution is 2.19. The molecule has 0 aliphatic heterocycles. The minimum atomic E-state index is -0.203. The van der Waals surface area contributed by atoms with E-state index in [1.165, 1.54) is 38.5 Å². The third-order valence-corrected chi connectivity index (χ3v) is 4.96. The van der Waals surface area contributed by atoms with E-state index in [0.29, 0.717) is 19.4 Å². The van der Waals surface area contributed by atoms with Gasteiger partial charge in [0.15, 0.2) is 0 Å². The normalized spacial score (nSPS) is 13.4. The molecule has 0 fully saturated rings. The van der Waals surface area contributed by atoms with Crippen molar-refractivity contribution in [1.29, 1.82) is 0 Å². The van der Waals surface area contributed by atoms with Crippen LogP contribution in [0.3, 0.4) is 0 Å². The minimum absolute atomic E-state index is 0.0121. The number of unbranched alkanes of at least 4 members (excludes halogenated alkanes) is 8. The monoisotopic (exact) mass is 384 g/mol. The molecule has 4 heteroatoms. The first-order valence-corrected chi connectivity index (χ1v) is 11.3. The second kappa shape index (κ2) is 17.1. The van der Waals surface area contributed by atoms with Gasteiger partial charge in [0, 0.05) is 18.8 Å². The Hall–Kier alpha value is -1.06. The zero-order valence-electron chi connectivity index (χ0n) is 18.6. The Bertz CT molecular complexity index is 379. The van der Waals surface area contributed by atoms with Gasteiger partial charge in [0.1, 0.15) is 6.10 Å². The van der Waals surface area contributed by atoms with Crippen molar-refractivity contribution >= 4 is 11.9 Å². The van der Waals surface area contributed by atoms with Crippen LogP contribution in [0.2, 0.25) is 0 Å². The van der Waals surface area contributed by atoms with Crippen molar-refractivity contribution in [3.05, 3.63) is 0 Å². The molecule has 0 spiro atoms. The summed E-state index contributed by atoms with van der Waals surface area (Å²) in [6.45, 7) is 10.8. The van der Waals surface area contributed by atoms with Crippen LogP contribution in [-0.2, 0) is 19.1 Å². The van der Waals surface area contributed by atoms with Crippen LogP contribution in [0.25, 0.3) is 0 Å². The van der Waals surface area contributed by atoms with Gasteiger partial charge in [-0.25, -0.2) is 0 Å². The largest absolute Gasteiger partial charge is 0.465 e. The highest BCUT2D eigenvalue weighted by molar-refractivity contribution is 5.70. The molecule has 2 unspecified atom stereocenters. The molecule has 0 saturated heterocycles. The van der Waals surface area contributed by atoms with Crippen molar-refractivity contribution in [2.45, 2.75) is 118 Å². The molecule has 0 aromatic carbocycles. The standard InChI is InChI=1S/C23H44O4/c1-6-8-10-12-14-16-21(24)26-18-20(5)23(19(3)4)27-22(25)17-15-13-11-9-7-2/h19-20,23H,6-18H2,1-5H3. The van der Waals surface area contributed by atoms with Crippen LogP contribution in [0.15, 0.2) is 0 Å². The number of hydrogen-bond donors (Lipinski definition) is 0. The zero-order valence-corrected chi connectivity index (χ0v) is 18.6. The fraction of sp³-hybridized carbons (Fsp3) is 0.913. The van der Waals surface area contributed by atoms with Gasteiger partial charge in [-0.05, 0) is 18.8 Å². The van der Waals surface area contributed by atoms with E-state index < -0.39 is 0 Å². The Morgan fingerprint density at radius 2 is 1.19 bits per heavy atom. The Balaban J connectivity index is 4.10. The molecule has 0 aromatic rings. The highest BCUT2D eigenvalue weighted by Gasteiger charge is 2.26. The molecule has 160 valence electrons. The molecule has 27 heavy (non-hydrogen) atoms. The van der Waals surface area contributed by atoms with Gasteiger partial charge < -0.3 is 9.47 Å². The quantitative estimate of drug-likeness (QED) is 0.213. The Kier molecular flexibility index (Phi) is 16.4. The second-order valence-corrected chi connectivity index (χ2v) is 8.19. The summed E-state index contributed by atoms with van der Waals surface area (Å²) in [5, 5.41) is 0. The molecule has 0 bridgehead atoms. The summed E-state index contributed by atoms with van der Waals surface area (Å²) in [4.78, 5) is 24.0. The van der Waals surface area contributed by atoms with Crippen molar-refractivity contribution < 1.29 is 19.1 Å². The van der Waals surface area contributed by atoms with Crippen LogP contribution < -0.4 is 0 Å². The third kappa shape index (κ3) is 14.6. The SMILES string of the molecule is CCCCCCCC(=O)OCC(C)C(OC(=O)CCCCCCC)C(C)C. The van der Waals surface area contributed by atoms with Crippen molar-refractivity contribution in [3.8, 4) is 0 Å². The summed E-state index contributed by atoms with van der Waals surface area (Å²) < 4.78 is 11.1. The number of hydrogen-bond acceptors (Lipinski definition) is 4. The molecule has 2 atom stereocenters. The van der Waals surface area contributed by atoms with E-state index in [4.69, 9.17) is 9.47 Å². The molecule has 0 aromatic heterocycles. The number of esters is 2. The van der Waals surface area contributed by atoms with Crippen molar-refractivity contribution in [3.63, 3.8) is 0 Å². The van der Waals surface area contributed by atoms with Gasteiger partial charge in [0.25, 0.3) is 0 Å². The molecule has 0 amide bonds. The topological polar surface area (TPSA) is 52.6 Å². The molecule has 0 saturated carbocycles. The molecule has 4 nitrogen and oxygen atoms in total. The maximum absolute atomic E-state index is 12.1. The van der Waals surface area contributed by atoms with E-state index in [0.717, 1.165) is 25.7 Å². The Morgan fingerprint density at radius 3 is 1.67 bits per heavy atom. The van der Waals surface area contributed by atoms with Crippen LogP contribution in [0.4, 0.5) is 0 Å². The van der Waals surface area contributed by atoms with Gasteiger partial charge in [0.2, 0.25) is 0 Å². The minimum Gasteiger partial charge on any atom is -0.465 e. The summed E-state index contributed by atoms with van der Waals surface area (Å²) in [5.74, 6) is -0.0442. The summed E-state index contributed by atoms with van der Waals surface area (Å²) in [6.07, 6.45) is 12.0. The lowest BCUT2D eigenvalue weighted by molar-refractivity contribution is -0.158. The molecule has 0 radical (unpaired) electrons. The van der Waals surface area contributed by atoms with Crippen LogP contribution in [-0.4, -0.2) is 24.6 Å². The lowest BCUT2D eigenvalue weighted by atomic mass is 9.95. The molecule has 0 aliphatic carbocycles. The number of ether oxygens (including phenoxy) is 2. The van der Waals surface area contributed by atoms with Crippen LogP contribution in [0, 0.1) is 11.8 Å². The molecule has 0 rings (SSSR count). The third-order valence-electron chi connectivity index (χ3n) is 4.96. The Labute approximate surface area is 167 Å². The number of rotatable bonds is 17. The van der Waals surface area contributed by atoms with Crippen molar-refractivity contribution in [2.75, 3.05) is 6.61 Å². The van der Waals surface area contributed by atoms with Crippen molar-refractivity contribution in [2.24, 2.45) is 11.8 Å². The molecular formula is C23H44O4. The van der Waals surface area contributed by atoms with E-state index in [1.807, 2.05) is 20.8 Å². The fourth-order valence-electron chi connectivity index (χ4n) is 3.26. The predicted molar refractivity (Wildman–Crippen MR) is 112 cm³/mol. The second-order valence-electron chi connectivity index (χ2n) is 8.19. The number of carbonyl (C=O) groups excluding carboxylic acids is 2. The summed E-state index contributed by atoms with van der Waals surface area (Å²) in [5.41, 5.74) is 0. The smallest absolute Gasteiger partial charge is 0.306 e. The first-order chi connectivity index (χ1) is 12.9. The first-order valence-electron chi connectivity index (χ1n) is 11.3. The average molecular weight is 385 g/mol. The Morgan fingerprint density at radius 1 is 0.704 bits per heavy atom. The average Bonchev–Trinajstić information content (AvgIpc) is 2.63. The van der Waals surface area contributed by atoms with Gasteiger partial charge in [0.05, 0.1) is 6.61 Å². The maximum atomic E-state index is 12.1. The van der Waals surface area contributed by atoms with Crippen molar-refractivity contribution in [1.82, 2.24) is 0 Å². The summed E-state index contributed by atoms with van der Waals surface area (Å²) in [6, 6.07) is 0. The number of carbonyl (C=O) groups is 2. The van der Waals surface area contributed by atoms with Gasteiger partial charge >= 0.3 is 11.9 Å². The molecular weight excluding hydrogens is 340 g/mol. The maximum Gasteiger partial charge on any atom is 0.306 e. The fourth-order valence-corrected chi connectivity index (χ4v) is 3.26. The van der Waals surface area contributed by atoms with Crippen LogP contribution in [0.5, 0.6) is 0 Å². The molecule has 0 heterocycles. The molecule has 0 aliphatic rings. The van der Waals surface area contributed by atoms with E-state index in [2.05, 4.69) is 13.8 Å². The lowest BCUT2D eigenvalue weighted by Gasteiger charge is -2.27. The van der Waals surface area contributed by atoms with E-state index >= 15 is 0 Å². The van der Waals surface area contributed by atoms with E-state index in [-0.39, 0.29) is 29.9 Å². The lowest BCUT2D eigenvalue weighted by Crippen LogP contribution is -2.33. The highest BCUT2D eigenvalue weighted by atomic mass is 16.6. The first kappa shape index (κ1) is 25.9. The van der Waals surface area contributed by atoms with Crippen LogP contribution in [0.1, 0.15) is 112 Å². The summed E-state index contributed by atoms with van der Waals surface area (Å²) >= 11 is 0.